The molecular weight excluding hydrogens is 386 g/mol. The molecule has 0 radical (unpaired) electrons. The van der Waals surface area contributed by atoms with Gasteiger partial charge in [0.15, 0.2) is 0 Å². The molecule has 6 nitrogen and oxygen atoms in total. The lowest BCUT2D eigenvalue weighted by Gasteiger charge is -2.30. The minimum Gasteiger partial charge on any atom is -0.392 e. The molecule has 1 saturated heterocycles. The molecule has 1 aromatic heterocycles. The minimum absolute atomic E-state index is 0.0313. The molecule has 0 spiro atoms. The van der Waals surface area contributed by atoms with E-state index in [-0.39, 0.29) is 11.8 Å². The second-order valence-electron chi connectivity index (χ2n) is 6.22. The van der Waals surface area contributed by atoms with Gasteiger partial charge in [-0.1, -0.05) is 28.1 Å². The van der Waals surface area contributed by atoms with Gasteiger partial charge in [-0.15, -0.1) is 5.10 Å². The summed E-state index contributed by atoms with van der Waals surface area (Å²) in [6.45, 7) is 1.24. The molecule has 0 aliphatic carbocycles. The maximum atomic E-state index is 12.8. The summed E-state index contributed by atoms with van der Waals surface area (Å²) in [5.41, 5.74) is 0.690. The maximum Gasteiger partial charge on any atom is 0.434 e. The monoisotopic (exact) mass is 401 g/mol. The van der Waals surface area contributed by atoms with E-state index in [9.17, 15) is 9.59 Å². The summed E-state index contributed by atoms with van der Waals surface area (Å²) in [7, 11) is 0. The lowest BCUT2D eigenvalue weighted by molar-refractivity contribution is 0.0706. The van der Waals surface area contributed by atoms with Crippen LogP contribution in [0.3, 0.4) is 0 Å². The molecule has 1 amide bonds. The smallest absolute Gasteiger partial charge is 0.392 e. The van der Waals surface area contributed by atoms with Crippen LogP contribution >= 0.6 is 15.9 Å². The van der Waals surface area contributed by atoms with Crippen molar-refractivity contribution in [2.45, 2.75) is 18.8 Å². The Bertz CT molecular complexity index is 986. The quantitative estimate of drug-likeness (QED) is 0.714. The van der Waals surface area contributed by atoms with E-state index in [0.717, 1.165) is 28.1 Å². The molecule has 128 valence electrons. The molecule has 2 heterocycles. The number of carbonyl (C=O) groups is 1. The van der Waals surface area contributed by atoms with E-state index in [4.69, 9.17) is 4.42 Å². The summed E-state index contributed by atoms with van der Waals surface area (Å²) in [4.78, 5) is 25.7. The largest absolute Gasteiger partial charge is 0.434 e. The van der Waals surface area contributed by atoms with Gasteiger partial charge in [0.25, 0.3) is 5.91 Å². The van der Waals surface area contributed by atoms with Crippen molar-refractivity contribution >= 4 is 32.6 Å². The van der Waals surface area contributed by atoms with Crippen LogP contribution in [0.25, 0.3) is 10.8 Å². The van der Waals surface area contributed by atoms with Crippen LogP contribution in [-0.2, 0) is 0 Å². The molecule has 0 bridgehead atoms. The Kier molecular flexibility index (Phi) is 4.17. The summed E-state index contributed by atoms with van der Waals surface area (Å²) in [6.07, 6.45) is 1.47. The van der Waals surface area contributed by atoms with Crippen LogP contribution in [0.5, 0.6) is 0 Å². The third-order valence-corrected chi connectivity index (χ3v) is 5.13. The molecule has 1 fully saturated rings. The van der Waals surface area contributed by atoms with Crippen LogP contribution in [0, 0.1) is 0 Å². The first-order valence-electron chi connectivity index (χ1n) is 8.14. The summed E-state index contributed by atoms with van der Waals surface area (Å²) < 4.78 is 6.02. The van der Waals surface area contributed by atoms with Crippen molar-refractivity contribution in [1.29, 1.82) is 0 Å². The maximum absolute atomic E-state index is 12.8. The second kappa shape index (κ2) is 6.48. The first-order valence-corrected chi connectivity index (χ1v) is 8.93. The van der Waals surface area contributed by atoms with Crippen molar-refractivity contribution in [2.75, 3.05) is 13.1 Å². The number of benzene rings is 2. The number of nitrogens with one attached hydrogen (secondary N) is 1. The first-order chi connectivity index (χ1) is 12.1. The van der Waals surface area contributed by atoms with Gasteiger partial charge in [0.2, 0.25) is 5.89 Å². The van der Waals surface area contributed by atoms with Gasteiger partial charge in [-0.05, 0) is 47.9 Å². The van der Waals surface area contributed by atoms with E-state index in [1.807, 2.05) is 41.3 Å². The lowest BCUT2D eigenvalue weighted by Crippen LogP contribution is -2.38. The molecular formula is C18H16BrN3O3. The van der Waals surface area contributed by atoms with Crippen LogP contribution < -0.4 is 5.76 Å². The summed E-state index contributed by atoms with van der Waals surface area (Å²) in [5, 5.41) is 8.33. The number of likely N-dealkylation sites (tertiary alicyclic amines) is 1. The van der Waals surface area contributed by atoms with Crippen molar-refractivity contribution in [3.8, 4) is 0 Å². The van der Waals surface area contributed by atoms with Gasteiger partial charge in [0.1, 0.15) is 0 Å². The van der Waals surface area contributed by atoms with Crippen LogP contribution in [0.1, 0.15) is 35.0 Å². The van der Waals surface area contributed by atoms with Gasteiger partial charge in [-0.2, -0.15) is 0 Å². The topological polar surface area (TPSA) is 79.2 Å². The van der Waals surface area contributed by atoms with E-state index >= 15 is 0 Å². The molecule has 1 aliphatic rings. The van der Waals surface area contributed by atoms with Crippen molar-refractivity contribution in [2.24, 2.45) is 0 Å². The Morgan fingerprint density at radius 3 is 2.64 bits per heavy atom. The van der Waals surface area contributed by atoms with Crippen LogP contribution in [-0.4, -0.2) is 34.1 Å². The number of carbonyl (C=O) groups excluding carboxylic acids is 1. The van der Waals surface area contributed by atoms with Crippen molar-refractivity contribution in [3.63, 3.8) is 0 Å². The van der Waals surface area contributed by atoms with Gasteiger partial charge in [-0.3, -0.25) is 4.79 Å². The highest BCUT2D eigenvalue weighted by Gasteiger charge is 2.27. The van der Waals surface area contributed by atoms with Crippen LogP contribution in [0.2, 0.25) is 0 Å². The number of aromatic nitrogens is 2. The van der Waals surface area contributed by atoms with Gasteiger partial charge < -0.3 is 9.32 Å². The summed E-state index contributed by atoms with van der Waals surface area (Å²) in [6, 6.07) is 11.8. The standard InChI is InChI=1S/C18H16BrN3O3/c19-15-4-3-11-1-2-13(9-14(11)10-15)17(23)22-7-5-12(6-8-22)16-20-21-18(24)25-16/h1-4,9-10,12H,5-8H2,(H,21,24). The molecule has 0 atom stereocenters. The Morgan fingerprint density at radius 1 is 1.16 bits per heavy atom. The third-order valence-electron chi connectivity index (χ3n) is 4.64. The number of H-pyrrole nitrogens is 1. The van der Waals surface area contributed by atoms with Crippen molar-refractivity contribution < 1.29 is 9.21 Å². The van der Waals surface area contributed by atoms with E-state index in [1.54, 1.807) is 0 Å². The Hall–Kier alpha value is -2.41. The molecule has 25 heavy (non-hydrogen) atoms. The number of halogens is 1. The van der Waals surface area contributed by atoms with Crippen molar-refractivity contribution in [1.82, 2.24) is 15.1 Å². The number of rotatable bonds is 2. The molecule has 7 heteroatoms. The Morgan fingerprint density at radius 2 is 1.92 bits per heavy atom. The van der Waals surface area contributed by atoms with Gasteiger partial charge in [0.05, 0.1) is 0 Å². The average molecular weight is 402 g/mol. The zero-order chi connectivity index (χ0) is 17.4. The van der Waals surface area contributed by atoms with Gasteiger partial charge in [0, 0.05) is 29.0 Å². The van der Waals surface area contributed by atoms with Crippen molar-refractivity contribution in [3.05, 3.63) is 62.9 Å². The highest BCUT2D eigenvalue weighted by molar-refractivity contribution is 9.10. The number of nitrogens with zero attached hydrogens (tertiary/aromatic N) is 2. The fraction of sp³-hybridized carbons (Fsp3) is 0.278. The SMILES string of the molecule is O=C(c1ccc2ccc(Br)cc2c1)N1CCC(c2n[nH]c(=O)o2)CC1. The highest BCUT2D eigenvalue weighted by Crippen LogP contribution is 2.27. The average Bonchev–Trinajstić information content (AvgIpc) is 3.07. The Labute approximate surface area is 152 Å². The number of piperidine rings is 1. The van der Waals surface area contributed by atoms with E-state index in [2.05, 4.69) is 26.1 Å². The van der Waals surface area contributed by atoms with E-state index in [0.29, 0.717) is 24.5 Å². The summed E-state index contributed by atoms with van der Waals surface area (Å²) >= 11 is 3.47. The molecule has 2 aromatic carbocycles. The number of hydrogen-bond donors (Lipinski definition) is 1. The zero-order valence-electron chi connectivity index (χ0n) is 13.4. The number of fused-ring (bicyclic) bond motifs is 1. The molecule has 3 aromatic rings. The number of hydrogen-bond acceptors (Lipinski definition) is 4. The minimum atomic E-state index is -0.532. The van der Waals surface area contributed by atoms with Crippen LogP contribution in [0.15, 0.2) is 50.1 Å². The molecule has 0 unspecified atom stereocenters. The number of amides is 1. The fourth-order valence-electron chi connectivity index (χ4n) is 3.28. The Balaban J connectivity index is 1.49. The van der Waals surface area contributed by atoms with Gasteiger partial charge >= 0.3 is 5.76 Å². The highest BCUT2D eigenvalue weighted by atomic mass is 79.9. The van der Waals surface area contributed by atoms with E-state index in [1.165, 1.54) is 0 Å². The molecule has 4 rings (SSSR count). The van der Waals surface area contributed by atoms with Gasteiger partial charge in [-0.25, -0.2) is 9.89 Å². The van der Waals surface area contributed by atoms with Crippen LogP contribution in [0.4, 0.5) is 0 Å². The first kappa shape index (κ1) is 16.1. The lowest BCUT2D eigenvalue weighted by atomic mass is 9.96. The third kappa shape index (κ3) is 3.24. The van der Waals surface area contributed by atoms with E-state index < -0.39 is 5.76 Å². The predicted octanol–water partition coefficient (Wildman–Crippen LogP) is 3.30. The molecule has 1 aliphatic heterocycles. The normalized spacial score (nSPS) is 15.6. The predicted molar refractivity (Wildman–Crippen MR) is 96.7 cm³/mol. The second-order valence-corrected chi connectivity index (χ2v) is 7.14. The summed E-state index contributed by atoms with van der Waals surface area (Å²) in [5.74, 6) is 0.0165. The molecule has 0 saturated carbocycles. The zero-order valence-corrected chi connectivity index (χ0v) is 15.0. The fourth-order valence-corrected chi connectivity index (χ4v) is 3.66. The number of aromatic amines is 1. The molecule has 1 N–H and O–H groups in total.